The quantitative estimate of drug-likeness (QED) is 0.426. The molecule has 12 heavy (non-hydrogen) atoms. The van der Waals surface area contributed by atoms with Crippen LogP contribution >= 0.6 is 0 Å². The number of nitrogens with two attached hydrogens (primary N) is 1. The third-order valence-electron chi connectivity index (χ3n) is 1.18. The van der Waals surface area contributed by atoms with E-state index in [9.17, 15) is 9.59 Å². The van der Waals surface area contributed by atoms with Crippen molar-refractivity contribution in [3.8, 4) is 0 Å². The van der Waals surface area contributed by atoms with Gasteiger partial charge in [-0.25, -0.2) is 4.79 Å². The van der Waals surface area contributed by atoms with Crippen molar-refractivity contribution in [3.63, 3.8) is 0 Å². The van der Waals surface area contributed by atoms with Gasteiger partial charge in [-0.2, -0.15) is 0 Å². The van der Waals surface area contributed by atoms with E-state index in [1.54, 1.807) is 0 Å². The number of amides is 1. The summed E-state index contributed by atoms with van der Waals surface area (Å²) in [5.74, 6) is 0. The third-order valence-corrected chi connectivity index (χ3v) is 1.18. The van der Waals surface area contributed by atoms with Gasteiger partial charge in [0.15, 0.2) is 6.29 Å². The van der Waals surface area contributed by atoms with Crippen molar-refractivity contribution < 1.29 is 14.3 Å². The normalized spacial score (nSPS) is 9.08. The Hall–Kier alpha value is -1.10. The Balaban J connectivity index is 3.13. The van der Waals surface area contributed by atoms with Crippen LogP contribution in [0.1, 0.15) is 12.8 Å². The van der Waals surface area contributed by atoms with Crippen molar-refractivity contribution >= 4 is 12.4 Å². The second-order valence-corrected chi connectivity index (χ2v) is 2.19. The first kappa shape index (κ1) is 10.9. The number of nitrogens with one attached hydrogen (secondary N) is 1. The molecule has 0 spiro atoms. The predicted octanol–water partition coefficient (Wildman–Crippen LogP) is -0.350. The van der Waals surface area contributed by atoms with Crippen molar-refractivity contribution in [2.75, 3.05) is 19.7 Å². The number of carbonyl (C=O) groups excluding carboxylic acids is 2. The molecular weight excluding hydrogens is 160 g/mol. The molecule has 0 aliphatic carbocycles. The number of aldehydes is 1. The summed E-state index contributed by atoms with van der Waals surface area (Å²) in [7, 11) is 0. The zero-order valence-electron chi connectivity index (χ0n) is 6.91. The molecule has 1 amide bonds. The zero-order chi connectivity index (χ0) is 9.23. The summed E-state index contributed by atoms with van der Waals surface area (Å²) in [5, 5.41) is 2.48. The smallest absolute Gasteiger partial charge is 0.407 e. The minimum Gasteiger partial charge on any atom is -0.442 e. The van der Waals surface area contributed by atoms with Crippen molar-refractivity contribution in [2.24, 2.45) is 5.73 Å². The Bertz CT molecular complexity index is 139. The van der Waals surface area contributed by atoms with E-state index in [0.717, 1.165) is 12.8 Å². The molecule has 0 aromatic carbocycles. The summed E-state index contributed by atoms with van der Waals surface area (Å²) >= 11 is 0. The highest BCUT2D eigenvalue weighted by Gasteiger charge is 1.98. The first-order valence-corrected chi connectivity index (χ1v) is 3.85. The van der Waals surface area contributed by atoms with Gasteiger partial charge in [-0.1, -0.05) is 0 Å². The molecule has 5 nitrogen and oxygen atoms in total. The number of rotatable bonds is 6. The average Bonchev–Trinajstić information content (AvgIpc) is 2.09. The van der Waals surface area contributed by atoms with E-state index in [0.29, 0.717) is 19.4 Å². The summed E-state index contributed by atoms with van der Waals surface area (Å²) in [6.07, 6.45) is 1.67. The van der Waals surface area contributed by atoms with Gasteiger partial charge in [0.05, 0.1) is 0 Å². The molecular formula is C7H14N2O3. The SMILES string of the molecule is NCCCCNC(=O)OCC=O. The Morgan fingerprint density at radius 2 is 2.25 bits per heavy atom. The van der Waals surface area contributed by atoms with E-state index in [-0.39, 0.29) is 6.61 Å². The zero-order valence-corrected chi connectivity index (χ0v) is 6.91. The molecule has 0 aliphatic heterocycles. The van der Waals surface area contributed by atoms with Gasteiger partial charge >= 0.3 is 6.09 Å². The van der Waals surface area contributed by atoms with E-state index in [1.807, 2.05) is 0 Å². The highest BCUT2D eigenvalue weighted by atomic mass is 16.5. The van der Waals surface area contributed by atoms with Crippen LogP contribution in [0.15, 0.2) is 0 Å². The minimum absolute atomic E-state index is 0.192. The van der Waals surface area contributed by atoms with E-state index < -0.39 is 6.09 Å². The van der Waals surface area contributed by atoms with Crippen LogP contribution in [0.3, 0.4) is 0 Å². The lowest BCUT2D eigenvalue weighted by Gasteiger charge is -2.02. The van der Waals surface area contributed by atoms with Crippen LogP contribution in [-0.2, 0) is 9.53 Å². The molecule has 0 bridgehead atoms. The predicted molar refractivity (Wildman–Crippen MR) is 43.7 cm³/mol. The van der Waals surface area contributed by atoms with Gasteiger partial charge in [0.2, 0.25) is 0 Å². The molecule has 0 atom stereocenters. The van der Waals surface area contributed by atoms with Gasteiger partial charge in [0, 0.05) is 6.54 Å². The molecule has 0 aliphatic rings. The standard InChI is InChI=1S/C7H14N2O3/c8-3-1-2-4-9-7(11)12-6-5-10/h5H,1-4,6,8H2,(H,9,11). The van der Waals surface area contributed by atoms with Crippen LogP contribution in [-0.4, -0.2) is 32.1 Å². The first-order valence-electron chi connectivity index (χ1n) is 3.85. The van der Waals surface area contributed by atoms with Crippen LogP contribution in [0.2, 0.25) is 0 Å². The molecule has 0 saturated carbocycles. The second-order valence-electron chi connectivity index (χ2n) is 2.19. The van der Waals surface area contributed by atoms with Crippen molar-refractivity contribution in [2.45, 2.75) is 12.8 Å². The third kappa shape index (κ3) is 7.01. The lowest BCUT2D eigenvalue weighted by Crippen LogP contribution is -2.26. The lowest BCUT2D eigenvalue weighted by molar-refractivity contribution is -0.110. The van der Waals surface area contributed by atoms with Gasteiger partial charge in [-0.05, 0) is 19.4 Å². The highest BCUT2D eigenvalue weighted by molar-refractivity contribution is 5.69. The fourth-order valence-corrected chi connectivity index (χ4v) is 0.621. The Kier molecular flexibility index (Phi) is 7.27. The van der Waals surface area contributed by atoms with Crippen molar-refractivity contribution in [3.05, 3.63) is 0 Å². The second kappa shape index (κ2) is 8.00. The van der Waals surface area contributed by atoms with E-state index in [2.05, 4.69) is 10.1 Å². The Morgan fingerprint density at radius 1 is 1.50 bits per heavy atom. The topological polar surface area (TPSA) is 81.4 Å². The Morgan fingerprint density at radius 3 is 2.83 bits per heavy atom. The fraction of sp³-hybridized carbons (Fsp3) is 0.714. The molecule has 5 heteroatoms. The minimum atomic E-state index is -0.556. The highest BCUT2D eigenvalue weighted by Crippen LogP contribution is 1.83. The summed E-state index contributed by atoms with van der Waals surface area (Å²) in [6.45, 7) is 0.961. The van der Waals surface area contributed by atoms with Gasteiger partial charge in [0.1, 0.15) is 6.61 Å². The molecule has 3 N–H and O–H groups in total. The number of unbranched alkanes of at least 4 members (excludes halogenated alkanes) is 1. The average molecular weight is 174 g/mol. The molecule has 0 rings (SSSR count). The van der Waals surface area contributed by atoms with E-state index >= 15 is 0 Å². The maximum Gasteiger partial charge on any atom is 0.407 e. The molecule has 0 aromatic rings. The van der Waals surface area contributed by atoms with Crippen molar-refractivity contribution in [1.82, 2.24) is 5.32 Å². The summed E-state index contributed by atoms with van der Waals surface area (Å²) in [4.78, 5) is 20.4. The summed E-state index contributed by atoms with van der Waals surface area (Å²) in [6, 6.07) is 0. The van der Waals surface area contributed by atoms with Crippen LogP contribution in [0.4, 0.5) is 4.79 Å². The van der Waals surface area contributed by atoms with Crippen LogP contribution in [0.5, 0.6) is 0 Å². The number of hydrogen-bond acceptors (Lipinski definition) is 4. The molecule has 0 aromatic heterocycles. The summed E-state index contributed by atoms with van der Waals surface area (Å²) < 4.78 is 4.42. The number of carbonyl (C=O) groups is 2. The Labute approximate surface area is 71.3 Å². The fourth-order valence-electron chi connectivity index (χ4n) is 0.621. The summed E-state index contributed by atoms with van der Waals surface area (Å²) in [5.41, 5.74) is 5.24. The maximum absolute atomic E-state index is 10.6. The van der Waals surface area contributed by atoms with E-state index in [1.165, 1.54) is 0 Å². The van der Waals surface area contributed by atoms with Gasteiger partial charge in [-0.3, -0.25) is 4.79 Å². The molecule has 0 unspecified atom stereocenters. The number of alkyl carbamates (subject to hydrolysis) is 1. The van der Waals surface area contributed by atoms with Gasteiger partial charge in [0.25, 0.3) is 0 Å². The van der Waals surface area contributed by atoms with Gasteiger partial charge in [-0.15, -0.1) is 0 Å². The molecule has 0 saturated heterocycles. The monoisotopic (exact) mass is 174 g/mol. The van der Waals surface area contributed by atoms with Gasteiger partial charge < -0.3 is 15.8 Å². The van der Waals surface area contributed by atoms with Crippen LogP contribution < -0.4 is 11.1 Å². The van der Waals surface area contributed by atoms with Crippen LogP contribution in [0, 0.1) is 0 Å². The molecule has 0 heterocycles. The first-order chi connectivity index (χ1) is 5.81. The van der Waals surface area contributed by atoms with E-state index in [4.69, 9.17) is 5.73 Å². The van der Waals surface area contributed by atoms with Crippen LogP contribution in [0.25, 0.3) is 0 Å². The maximum atomic E-state index is 10.6. The molecule has 0 fully saturated rings. The number of hydrogen-bond donors (Lipinski definition) is 2. The molecule has 70 valence electrons. The van der Waals surface area contributed by atoms with Crippen molar-refractivity contribution in [1.29, 1.82) is 0 Å². The lowest BCUT2D eigenvalue weighted by atomic mass is 10.3. The largest absolute Gasteiger partial charge is 0.442 e. The number of ether oxygens (including phenoxy) is 1. The molecule has 0 radical (unpaired) electrons.